The fourth-order valence-corrected chi connectivity index (χ4v) is 5.22. The van der Waals surface area contributed by atoms with Crippen molar-refractivity contribution in [2.24, 2.45) is 5.92 Å². The van der Waals surface area contributed by atoms with E-state index in [0.29, 0.717) is 5.91 Å². The molecular formula is C21H28N2O3. The molecule has 5 heteroatoms. The van der Waals surface area contributed by atoms with Gasteiger partial charge in [-0.2, -0.15) is 0 Å². The number of hydrogen-bond donors (Lipinski definition) is 1. The van der Waals surface area contributed by atoms with E-state index < -0.39 is 5.97 Å². The first kappa shape index (κ1) is 17.5. The normalized spacial score (nSPS) is 30.3. The van der Waals surface area contributed by atoms with Crippen molar-refractivity contribution in [3.8, 4) is 0 Å². The van der Waals surface area contributed by atoms with Gasteiger partial charge in [-0.25, -0.2) is 0 Å². The minimum atomic E-state index is -0.787. The molecule has 1 heterocycles. The number of rotatable bonds is 4. The highest BCUT2D eigenvalue weighted by molar-refractivity contribution is 5.85. The molecule has 5 nitrogen and oxygen atoms in total. The lowest BCUT2D eigenvalue weighted by Gasteiger charge is -2.26. The van der Waals surface area contributed by atoms with Crippen molar-refractivity contribution in [2.45, 2.75) is 50.0 Å². The lowest BCUT2D eigenvalue weighted by Crippen LogP contribution is -2.38. The Hall–Kier alpha value is -1.88. The molecule has 1 amide bonds. The zero-order valence-corrected chi connectivity index (χ0v) is 15.5. The van der Waals surface area contributed by atoms with Crippen LogP contribution < -0.4 is 0 Å². The molecule has 1 aromatic rings. The number of carboxylic acids is 1. The standard InChI is InChI=1S/C21H28N2O3/c1-22(14-19(24)25)16-6-4-11-23(12-9-16)20(26)18-13-21(18)10-8-15-5-2-3-7-17(15)21/h2-3,5,7,16,18H,4,6,8-14H2,1H3,(H,24,25). The van der Waals surface area contributed by atoms with E-state index >= 15 is 0 Å². The number of likely N-dealkylation sites (tertiary alicyclic amines) is 1. The van der Waals surface area contributed by atoms with Crippen LogP contribution >= 0.6 is 0 Å². The zero-order chi connectivity index (χ0) is 18.3. The van der Waals surface area contributed by atoms with Crippen LogP contribution in [-0.2, 0) is 21.4 Å². The number of amides is 1. The van der Waals surface area contributed by atoms with Crippen LogP contribution in [0.15, 0.2) is 24.3 Å². The number of carbonyl (C=O) groups excluding carboxylic acids is 1. The van der Waals surface area contributed by atoms with Gasteiger partial charge in [0.25, 0.3) is 0 Å². The van der Waals surface area contributed by atoms with E-state index in [0.717, 1.165) is 51.6 Å². The van der Waals surface area contributed by atoms with Crippen LogP contribution in [0, 0.1) is 5.92 Å². The number of aryl methyl sites for hydroxylation is 1. The van der Waals surface area contributed by atoms with Crippen molar-refractivity contribution in [1.29, 1.82) is 0 Å². The Balaban J connectivity index is 1.39. The summed E-state index contributed by atoms with van der Waals surface area (Å²) in [6, 6.07) is 8.87. The molecule has 1 saturated carbocycles. The average Bonchev–Trinajstić information content (AvgIpc) is 3.30. The summed E-state index contributed by atoms with van der Waals surface area (Å²) in [5.41, 5.74) is 2.95. The third-order valence-corrected chi connectivity index (χ3v) is 6.78. The lowest BCUT2D eigenvalue weighted by molar-refractivity contribution is -0.138. The Morgan fingerprint density at radius 2 is 2.08 bits per heavy atom. The summed E-state index contributed by atoms with van der Waals surface area (Å²) in [6.45, 7) is 1.63. The molecule has 3 aliphatic rings. The summed E-state index contributed by atoms with van der Waals surface area (Å²) < 4.78 is 0. The monoisotopic (exact) mass is 356 g/mol. The van der Waals surface area contributed by atoms with Gasteiger partial charge in [0, 0.05) is 30.5 Å². The minimum Gasteiger partial charge on any atom is -0.480 e. The fraction of sp³-hybridized carbons (Fsp3) is 0.619. The number of fused-ring (bicyclic) bond motifs is 2. The van der Waals surface area contributed by atoms with Gasteiger partial charge in [-0.1, -0.05) is 24.3 Å². The Kier molecular flexibility index (Phi) is 4.51. The number of aliphatic carboxylic acids is 1. The molecule has 3 atom stereocenters. The van der Waals surface area contributed by atoms with Crippen LogP contribution in [0.3, 0.4) is 0 Å². The highest BCUT2D eigenvalue weighted by Crippen LogP contribution is 2.62. The smallest absolute Gasteiger partial charge is 0.317 e. The van der Waals surface area contributed by atoms with Crippen molar-refractivity contribution in [1.82, 2.24) is 9.80 Å². The van der Waals surface area contributed by atoms with Crippen molar-refractivity contribution >= 4 is 11.9 Å². The van der Waals surface area contributed by atoms with Crippen LogP contribution in [0.2, 0.25) is 0 Å². The summed E-state index contributed by atoms with van der Waals surface area (Å²) in [4.78, 5) is 28.1. The summed E-state index contributed by atoms with van der Waals surface area (Å²) in [5, 5.41) is 9.00. The molecule has 4 rings (SSSR count). The molecular weight excluding hydrogens is 328 g/mol. The molecule has 0 aromatic heterocycles. The molecule has 0 radical (unpaired) electrons. The second-order valence-electron chi connectivity index (χ2n) is 8.29. The van der Waals surface area contributed by atoms with Crippen molar-refractivity contribution in [2.75, 3.05) is 26.7 Å². The number of likely N-dealkylation sites (N-methyl/N-ethyl adjacent to an activating group) is 1. The predicted molar refractivity (Wildman–Crippen MR) is 99.0 cm³/mol. The third kappa shape index (κ3) is 3.02. The molecule has 1 saturated heterocycles. The van der Waals surface area contributed by atoms with Gasteiger partial charge in [-0.05, 0) is 56.7 Å². The van der Waals surface area contributed by atoms with Crippen LogP contribution in [0.25, 0.3) is 0 Å². The van der Waals surface area contributed by atoms with Gasteiger partial charge < -0.3 is 10.0 Å². The van der Waals surface area contributed by atoms with E-state index in [9.17, 15) is 9.59 Å². The van der Waals surface area contributed by atoms with Crippen LogP contribution in [0.5, 0.6) is 0 Å². The average molecular weight is 356 g/mol. The Labute approximate surface area is 155 Å². The lowest BCUT2D eigenvalue weighted by atomic mass is 9.95. The van der Waals surface area contributed by atoms with Gasteiger partial charge in [0.15, 0.2) is 0 Å². The van der Waals surface area contributed by atoms with Gasteiger partial charge in [0.2, 0.25) is 5.91 Å². The molecule has 0 bridgehead atoms. The highest BCUT2D eigenvalue weighted by Gasteiger charge is 2.62. The third-order valence-electron chi connectivity index (χ3n) is 6.78. The number of nitrogens with zero attached hydrogens (tertiary/aromatic N) is 2. The van der Waals surface area contributed by atoms with E-state index in [4.69, 9.17) is 5.11 Å². The van der Waals surface area contributed by atoms with E-state index in [1.165, 1.54) is 11.1 Å². The second kappa shape index (κ2) is 6.69. The number of carboxylic acid groups (broad SMARTS) is 1. The van der Waals surface area contributed by atoms with E-state index in [1.807, 2.05) is 11.9 Å². The van der Waals surface area contributed by atoms with E-state index in [2.05, 4.69) is 29.2 Å². The van der Waals surface area contributed by atoms with Crippen molar-refractivity contribution in [3.63, 3.8) is 0 Å². The van der Waals surface area contributed by atoms with Gasteiger partial charge >= 0.3 is 5.97 Å². The van der Waals surface area contributed by atoms with Gasteiger partial charge in [0.1, 0.15) is 0 Å². The SMILES string of the molecule is CN(CC(=O)O)C1CCCN(C(=O)C2CC23CCc2ccccc23)CC1. The maximum atomic E-state index is 13.2. The number of benzene rings is 1. The molecule has 2 aliphatic carbocycles. The van der Waals surface area contributed by atoms with Crippen LogP contribution in [-0.4, -0.2) is 59.5 Å². The van der Waals surface area contributed by atoms with Gasteiger partial charge in [-0.15, -0.1) is 0 Å². The minimum absolute atomic E-state index is 0.0706. The predicted octanol–water partition coefficient (Wildman–Crippen LogP) is 2.29. The van der Waals surface area contributed by atoms with Gasteiger partial charge in [0.05, 0.1) is 6.54 Å². The van der Waals surface area contributed by atoms with E-state index in [1.54, 1.807) is 0 Å². The Morgan fingerprint density at radius 3 is 2.88 bits per heavy atom. The van der Waals surface area contributed by atoms with Crippen LogP contribution in [0.1, 0.15) is 43.2 Å². The summed E-state index contributed by atoms with van der Waals surface area (Å²) in [7, 11) is 1.88. The first-order valence-electron chi connectivity index (χ1n) is 9.80. The molecule has 1 N–H and O–H groups in total. The maximum absolute atomic E-state index is 13.2. The molecule has 1 aliphatic heterocycles. The number of hydrogen-bond acceptors (Lipinski definition) is 3. The molecule has 1 spiro atoms. The summed E-state index contributed by atoms with van der Waals surface area (Å²) in [5.74, 6) is -0.313. The van der Waals surface area contributed by atoms with Crippen molar-refractivity contribution in [3.05, 3.63) is 35.4 Å². The molecule has 3 unspecified atom stereocenters. The molecule has 26 heavy (non-hydrogen) atoms. The second-order valence-corrected chi connectivity index (χ2v) is 8.29. The van der Waals surface area contributed by atoms with E-state index in [-0.39, 0.29) is 23.9 Å². The number of carbonyl (C=O) groups is 2. The maximum Gasteiger partial charge on any atom is 0.317 e. The van der Waals surface area contributed by atoms with Crippen LogP contribution in [0.4, 0.5) is 0 Å². The summed E-state index contributed by atoms with van der Waals surface area (Å²) in [6.07, 6.45) is 6.00. The zero-order valence-electron chi connectivity index (χ0n) is 15.5. The fourth-order valence-electron chi connectivity index (χ4n) is 5.22. The largest absolute Gasteiger partial charge is 0.480 e. The first-order valence-corrected chi connectivity index (χ1v) is 9.80. The Morgan fingerprint density at radius 1 is 1.27 bits per heavy atom. The molecule has 2 fully saturated rings. The molecule has 1 aromatic carbocycles. The Bertz CT molecular complexity index is 719. The van der Waals surface area contributed by atoms with Crippen molar-refractivity contribution < 1.29 is 14.7 Å². The first-order chi connectivity index (χ1) is 12.5. The van der Waals surface area contributed by atoms with Gasteiger partial charge in [-0.3, -0.25) is 14.5 Å². The quantitative estimate of drug-likeness (QED) is 0.899. The molecule has 140 valence electrons. The highest BCUT2D eigenvalue weighted by atomic mass is 16.4. The summed E-state index contributed by atoms with van der Waals surface area (Å²) >= 11 is 0. The topological polar surface area (TPSA) is 60.9 Å².